The van der Waals surface area contributed by atoms with Crippen LogP contribution in [-0.4, -0.2) is 48.7 Å². The molecule has 1 aliphatic heterocycles. The van der Waals surface area contributed by atoms with E-state index in [9.17, 15) is 0 Å². The van der Waals surface area contributed by atoms with E-state index in [-0.39, 0.29) is 11.6 Å². The summed E-state index contributed by atoms with van der Waals surface area (Å²) in [5.74, 6) is 2.45. The van der Waals surface area contributed by atoms with Crippen molar-refractivity contribution >= 4 is 6.15 Å². The summed E-state index contributed by atoms with van der Waals surface area (Å²) in [6.45, 7) is 16.6. The Morgan fingerprint density at radius 3 is 2.42 bits per heavy atom. The zero-order chi connectivity index (χ0) is 32.2. The molecule has 45 heavy (non-hydrogen) atoms. The smallest absolute Gasteiger partial charge is 0.329 e. The summed E-state index contributed by atoms with van der Waals surface area (Å²) in [5, 5.41) is 8.76. The van der Waals surface area contributed by atoms with E-state index in [1.54, 1.807) is 0 Å². The van der Waals surface area contributed by atoms with Crippen molar-refractivity contribution in [2.75, 3.05) is 13.1 Å². The van der Waals surface area contributed by atoms with Gasteiger partial charge >= 0.3 is 6.15 Å². The highest BCUT2D eigenvalue weighted by molar-refractivity contribution is 5.35. The molecule has 0 saturated carbocycles. The van der Waals surface area contributed by atoms with Crippen molar-refractivity contribution < 1.29 is 9.59 Å². The Bertz CT molecular complexity index is 1490. The van der Waals surface area contributed by atoms with Gasteiger partial charge in [0, 0.05) is 31.7 Å². The monoisotopic (exact) mass is 610 g/mol. The predicted molar refractivity (Wildman–Crippen MR) is 176 cm³/mol. The minimum absolute atomic E-state index is 0.0689. The molecule has 0 radical (unpaired) electrons. The van der Waals surface area contributed by atoms with E-state index in [1.807, 2.05) is 10.9 Å². The Morgan fingerprint density at radius 1 is 1.02 bits per heavy atom. The summed E-state index contributed by atoms with van der Waals surface area (Å²) < 4.78 is 4.30. The van der Waals surface area contributed by atoms with Crippen molar-refractivity contribution in [1.29, 1.82) is 0 Å². The highest BCUT2D eigenvalue weighted by atomic mass is 16.2. The lowest BCUT2D eigenvalue weighted by atomic mass is 9.69. The van der Waals surface area contributed by atoms with E-state index < -0.39 is 0 Å². The first-order chi connectivity index (χ1) is 21.8. The number of likely N-dealkylation sites (tertiary alicyclic amines) is 1. The maximum atomic E-state index is 8.12. The second kappa shape index (κ2) is 16.4. The number of carbonyl (C=O) groups excluding carboxylic acids is 2. The van der Waals surface area contributed by atoms with Crippen LogP contribution in [-0.2, 0) is 42.1 Å². The first kappa shape index (κ1) is 34.0. The number of piperidine rings is 1. The van der Waals surface area contributed by atoms with Gasteiger partial charge in [-0.05, 0) is 98.5 Å². The molecule has 0 bridgehead atoms. The third kappa shape index (κ3) is 9.56. The second-order valence-corrected chi connectivity index (χ2v) is 13.2. The van der Waals surface area contributed by atoms with Gasteiger partial charge in [-0.2, -0.15) is 9.59 Å². The van der Waals surface area contributed by atoms with E-state index in [2.05, 4.69) is 115 Å². The van der Waals surface area contributed by atoms with Crippen LogP contribution in [0.25, 0.3) is 0 Å². The van der Waals surface area contributed by atoms with E-state index in [0.29, 0.717) is 5.92 Å². The molecule has 0 aliphatic carbocycles. The second-order valence-electron chi connectivity index (χ2n) is 13.2. The van der Waals surface area contributed by atoms with Gasteiger partial charge in [-0.1, -0.05) is 80.9 Å². The summed E-state index contributed by atoms with van der Waals surface area (Å²) in [5.41, 5.74) is 6.68. The lowest BCUT2D eigenvalue weighted by Crippen LogP contribution is -2.34. The third-order valence-corrected chi connectivity index (χ3v) is 9.61. The zero-order valence-electron chi connectivity index (χ0n) is 27.8. The molecule has 1 unspecified atom stereocenters. The van der Waals surface area contributed by atoms with Gasteiger partial charge in [0.2, 0.25) is 0 Å². The minimum atomic E-state index is 0.0689. The topological polar surface area (TPSA) is 85.9 Å². The van der Waals surface area contributed by atoms with Crippen LogP contribution in [0.2, 0.25) is 0 Å². The lowest BCUT2D eigenvalue weighted by Gasteiger charge is -2.36. The van der Waals surface area contributed by atoms with Gasteiger partial charge in [-0.3, -0.25) is 9.58 Å². The lowest BCUT2D eigenvalue weighted by molar-refractivity contribution is -0.191. The van der Waals surface area contributed by atoms with Crippen molar-refractivity contribution in [2.24, 2.45) is 11.3 Å². The summed E-state index contributed by atoms with van der Waals surface area (Å²) >= 11 is 0. The molecule has 0 amide bonds. The van der Waals surface area contributed by atoms with Gasteiger partial charge in [0.1, 0.15) is 5.82 Å². The molecule has 2 aromatic heterocycles. The van der Waals surface area contributed by atoms with Gasteiger partial charge in [-0.15, -0.1) is 5.10 Å². The molecule has 1 aliphatic rings. The van der Waals surface area contributed by atoms with Crippen LogP contribution in [0, 0.1) is 18.3 Å². The summed E-state index contributed by atoms with van der Waals surface area (Å²) in [7, 11) is 0. The van der Waals surface area contributed by atoms with Gasteiger partial charge < -0.3 is 4.57 Å². The molecular weight excluding hydrogens is 560 g/mol. The van der Waals surface area contributed by atoms with Crippen molar-refractivity contribution in [3.63, 3.8) is 0 Å². The Labute approximate surface area is 268 Å². The molecule has 3 heterocycles. The number of hydrogen-bond donors (Lipinski definition) is 0. The quantitative estimate of drug-likeness (QED) is 0.164. The SMILES string of the molecule is CCC1CCN(Cc2nccn2Cc2cc(C(CCc3cn(CC)nn3)C(C)(C)Cc3ccccc3)ccc2C)CC1.O=C=O. The zero-order valence-corrected chi connectivity index (χ0v) is 27.8. The summed E-state index contributed by atoms with van der Waals surface area (Å²) in [4.78, 5) is 23.6. The molecule has 240 valence electrons. The van der Waals surface area contributed by atoms with Crippen LogP contribution in [0.1, 0.15) is 93.1 Å². The Kier molecular flexibility index (Phi) is 12.4. The van der Waals surface area contributed by atoms with E-state index >= 15 is 0 Å². The largest absolute Gasteiger partial charge is 0.373 e. The molecule has 1 saturated heterocycles. The van der Waals surface area contributed by atoms with E-state index in [4.69, 9.17) is 14.6 Å². The van der Waals surface area contributed by atoms with Crippen LogP contribution < -0.4 is 0 Å². The predicted octanol–water partition coefficient (Wildman–Crippen LogP) is 6.88. The molecule has 4 aromatic rings. The van der Waals surface area contributed by atoms with Crippen LogP contribution in [0.15, 0.2) is 67.1 Å². The number of benzene rings is 2. The molecule has 1 fully saturated rings. The van der Waals surface area contributed by atoms with E-state index in [1.165, 1.54) is 60.4 Å². The number of imidazole rings is 1. The Morgan fingerprint density at radius 2 is 1.76 bits per heavy atom. The van der Waals surface area contributed by atoms with Gasteiger partial charge in [0.15, 0.2) is 0 Å². The average Bonchev–Trinajstić information content (AvgIpc) is 3.69. The molecule has 8 nitrogen and oxygen atoms in total. The summed E-state index contributed by atoms with van der Waals surface area (Å²) in [6, 6.07) is 18.1. The maximum Gasteiger partial charge on any atom is 0.373 e. The Hall–Kier alpha value is -3.87. The molecular formula is C37H50N6O2. The highest BCUT2D eigenvalue weighted by Gasteiger charge is 2.31. The molecule has 5 rings (SSSR count). The van der Waals surface area contributed by atoms with Crippen LogP contribution in [0.4, 0.5) is 0 Å². The fraction of sp³-hybridized carbons (Fsp3) is 0.514. The standard InChI is InChI=1S/C36H50N6.CO2/c1-6-29-17-20-40(21-18-29)27-35-37-19-22-41(35)25-32-23-31(14-13-28(32)3)34(16-15-33-26-42(7-2)39-38-33)36(4,5)24-30-11-9-8-10-12-30;2-1-3/h8-14,19,22-23,26,29,34H,6-7,15-18,20-21,24-25,27H2,1-5H3;. The van der Waals surface area contributed by atoms with Crippen LogP contribution >= 0.6 is 0 Å². The number of hydrogen-bond acceptors (Lipinski definition) is 6. The van der Waals surface area contributed by atoms with Gasteiger partial charge in [-0.25, -0.2) is 4.98 Å². The third-order valence-electron chi connectivity index (χ3n) is 9.61. The van der Waals surface area contributed by atoms with Crippen molar-refractivity contribution in [3.8, 4) is 0 Å². The van der Waals surface area contributed by atoms with Gasteiger partial charge in [0.25, 0.3) is 0 Å². The van der Waals surface area contributed by atoms with Crippen molar-refractivity contribution in [2.45, 2.75) is 98.7 Å². The van der Waals surface area contributed by atoms with Crippen molar-refractivity contribution in [1.82, 2.24) is 29.4 Å². The molecule has 1 atom stereocenters. The maximum absolute atomic E-state index is 8.12. The number of aromatic nitrogens is 5. The summed E-state index contributed by atoms with van der Waals surface area (Å²) in [6.07, 6.45) is 13.4. The van der Waals surface area contributed by atoms with E-state index in [0.717, 1.165) is 50.5 Å². The highest BCUT2D eigenvalue weighted by Crippen LogP contribution is 2.42. The molecule has 2 aromatic carbocycles. The first-order valence-corrected chi connectivity index (χ1v) is 16.5. The Balaban J connectivity index is 0.00000148. The molecule has 0 spiro atoms. The fourth-order valence-electron chi connectivity index (χ4n) is 6.80. The molecule has 8 heteroatoms. The normalized spacial score (nSPS) is 14.9. The average molecular weight is 611 g/mol. The number of aryl methyl sites for hydroxylation is 3. The van der Waals surface area contributed by atoms with Gasteiger partial charge in [0.05, 0.1) is 12.2 Å². The minimum Gasteiger partial charge on any atom is -0.329 e. The van der Waals surface area contributed by atoms with Crippen LogP contribution in [0.3, 0.4) is 0 Å². The van der Waals surface area contributed by atoms with Crippen molar-refractivity contribution in [3.05, 3.63) is 101 Å². The van der Waals surface area contributed by atoms with Crippen LogP contribution in [0.5, 0.6) is 0 Å². The number of rotatable bonds is 13. The fourth-order valence-corrected chi connectivity index (χ4v) is 6.80. The first-order valence-electron chi connectivity index (χ1n) is 16.5. The molecule has 0 N–H and O–H groups in total. The number of nitrogens with zero attached hydrogens (tertiary/aromatic N) is 6.